The van der Waals surface area contributed by atoms with Gasteiger partial charge >= 0.3 is 0 Å². The van der Waals surface area contributed by atoms with Crippen LogP contribution in [0.1, 0.15) is 5.76 Å². The first-order chi connectivity index (χ1) is 7.25. The van der Waals surface area contributed by atoms with Crippen LogP contribution in [0.25, 0.3) is 0 Å². The van der Waals surface area contributed by atoms with Crippen molar-refractivity contribution >= 4 is 17.3 Å². The molecule has 15 heavy (non-hydrogen) atoms. The second-order valence-electron chi connectivity index (χ2n) is 2.92. The molecule has 0 bridgehead atoms. The van der Waals surface area contributed by atoms with E-state index in [0.717, 1.165) is 0 Å². The molecule has 2 aromatic rings. The maximum Gasteiger partial charge on any atom is 0.237 e. The van der Waals surface area contributed by atoms with Gasteiger partial charge in [0.2, 0.25) is 5.88 Å². The highest BCUT2D eigenvalue weighted by atomic mass is 35.5. The summed E-state index contributed by atoms with van der Waals surface area (Å²) in [6, 6.07) is 5.19. The highest BCUT2D eigenvalue weighted by Gasteiger charge is 2.04. The molecular formula is C10H9ClN2O2. The van der Waals surface area contributed by atoms with Crippen molar-refractivity contribution in [3.05, 3.63) is 41.4 Å². The van der Waals surface area contributed by atoms with Crippen molar-refractivity contribution < 1.29 is 9.15 Å². The van der Waals surface area contributed by atoms with E-state index >= 15 is 0 Å². The monoisotopic (exact) mass is 224 g/mol. The summed E-state index contributed by atoms with van der Waals surface area (Å²) in [6.07, 6.45) is 3.06. The van der Waals surface area contributed by atoms with E-state index in [1.54, 1.807) is 18.4 Å². The topological polar surface area (TPSA) is 61.3 Å². The maximum atomic E-state index is 5.70. The number of aromatic nitrogens is 1. The fraction of sp³-hybridized carbons (Fsp3) is 0.100. The summed E-state index contributed by atoms with van der Waals surface area (Å²) in [4.78, 5) is 3.96. The summed E-state index contributed by atoms with van der Waals surface area (Å²) < 4.78 is 10.4. The van der Waals surface area contributed by atoms with Crippen molar-refractivity contribution in [2.24, 2.45) is 0 Å². The van der Waals surface area contributed by atoms with E-state index in [1.165, 1.54) is 6.20 Å². The Labute approximate surface area is 91.6 Å². The molecule has 0 amide bonds. The number of rotatable bonds is 3. The zero-order valence-corrected chi connectivity index (χ0v) is 8.57. The second kappa shape index (κ2) is 4.23. The van der Waals surface area contributed by atoms with Crippen LogP contribution in [0.3, 0.4) is 0 Å². The van der Waals surface area contributed by atoms with Crippen LogP contribution in [0.4, 0.5) is 5.69 Å². The van der Waals surface area contributed by atoms with Crippen LogP contribution in [-0.4, -0.2) is 4.98 Å². The SMILES string of the molecule is Nc1cc(Cl)cnc1OCc1ccco1. The number of nitrogen functional groups attached to an aromatic ring is 1. The fourth-order valence-electron chi connectivity index (χ4n) is 1.10. The van der Waals surface area contributed by atoms with Crippen molar-refractivity contribution in [1.82, 2.24) is 4.98 Å². The first kappa shape index (κ1) is 9.86. The second-order valence-corrected chi connectivity index (χ2v) is 3.35. The minimum Gasteiger partial charge on any atom is -0.468 e. The average molecular weight is 225 g/mol. The zero-order valence-electron chi connectivity index (χ0n) is 7.81. The van der Waals surface area contributed by atoms with Gasteiger partial charge in [0.05, 0.1) is 17.0 Å². The molecule has 4 nitrogen and oxygen atoms in total. The summed E-state index contributed by atoms with van der Waals surface area (Å²) in [5, 5.41) is 0.484. The van der Waals surface area contributed by atoms with Gasteiger partial charge in [0, 0.05) is 6.20 Å². The van der Waals surface area contributed by atoms with Gasteiger partial charge in [0.1, 0.15) is 12.4 Å². The third-order valence-corrected chi connectivity index (χ3v) is 1.98. The molecule has 0 spiro atoms. The standard InChI is InChI=1S/C10H9ClN2O2/c11-7-4-9(12)10(13-5-7)15-6-8-2-1-3-14-8/h1-5H,6,12H2. The number of halogens is 1. The first-order valence-electron chi connectivity index (χ1n) is 4.32. The first-order valence-corrected chi connectivity index (χ1v) is 4.69. The van der Waals surface area contributed by atoms with Crippen molar-refractivity contribution in [1.29, 1.82) is 0 Å². The summed E-state index contributed by atoms with van der Waals surface area (Å²) in [5.41, 5.74) is 6.07. The Kier molecular flexibility index (Phi) is 2.78. The van der Waals surface area contributed by atoms with E-state index in [1.807, 2.05) is 6.07 Å². The van der Waals surface area contributed by atoms with Gasteiger partial charge in [-0.05, 0) is 18.2 Å². The molecule has 2 rings (SSSR count). The minimum absolute atomic E-state index is 0.297. The van der Waals surface area contributed by atoms with Crippen molar-refractivity contribution in [2.45, 2.75) is 6.61 Å². The molecular weight excluding hydrogens is 216 g/mol. The van der Waals surface area contributed by atoms with Crippen LogP contribution in [0.5, 0.6) is 5.88 Å². The molecule has 2 heterocycles. The van der Waals surface area contributed by atoms with Gasteiger partial charge in [-0.25, -0.2) is 4.98 Å². The molecule has 0 aliphatic heterocycles. The Morgan fingerprint density at radius 2 is 2.40 bits per heavy atom. The Morgan fingerprint density at radius 3 is 3.07 bits per heavy atom. The third kappa shape index (κ3) is 2.41. The number of furan rings is 1. The van der Waals surface area contributed by atoms with Crippen LogP contribution >= 0.6 is 11.6 Å². The molecule has 0 radical (unpaired) electrons. The normalized spacial score (nSPS) is 10.2. The Morgan fingerprint density at radius 1 is 1.53 bits per heavy atom. The molecule has 78 valence electrons. The van der Waals surface area contributed by atoms with Gasteiger partial charge in [0.25, 0.3) is 0 Å². The molecule has 0 aliphatic carbocycles. The van der Waals surface area contributed by atoms with Crippen LogP contribution in [-0.2, 0) is 6.61 Å². The predicted octanol–water partition coefficient (Wildman–Crippen LogP) is 2.49. The molecule has 0 saturated carbocycles. The lowest BCUT2D eigenvalue weighted by molar-refractivity contribution is 0.262. The van der Waals surface area contributed by atoms with Crippen LogP contribution in [0.15, 0.2) is 35.1 Å². The third-order valence-electron chi connectivity index (χ3n) is 1.78. The maximum absolute atomic E-state index is 5.70. The Balaban J connectivity index is 2.05. The molecule has 0 aliphatic rings. The molecule has 2 aromatic heterocycles. The van der Waals surface area contributed by atoms with Crippen LogP contribution < -0.4 is 10.5 Å². The predicted molar refractivity (Wildman–Crippen MR) is 56.7 cm³/mol. The molecule has 0 atom stereocenters. The van der Waals surface area contributed by atoms with E-state index in [-0.39, 0.29) is 0 Å². The van der Waals surface area contributed by atoms with Crippen molar-refractivity contribution in [3.8, 4) is 5.88 Å². The zero-order chi connectivity index (χ0) is 10.7. The number of nitrogens with two attached hydrogens (primary N) is 1. The number of hydrogen-bond acceptors (Lipinski definition) is 4. The lowest BCUT2D eigenvalue weighted by Crippen LogP contribution is -1.99. The van der Waals surface area contributed by atoms with E-state index in [2.05, 4.69) is 4.98 Å². The average Bonchev–Trinajstić information content (AvgIpc) is 2.69. The highest BCUT2D eigenvalue weighted by Crippen LogP contribution is 2.22. The van der Waals surface area contributed by atoms with E-state index in [0.29, 0.717) is 29.0 Å². The number of nitrogens with zero attached hydrogens (tertiary/aromatic N) is 1. The molecule has 0 unspecified atom stereocenters. The summed E-state index contributed by atoms with van der Waals surface area (Å²) in [6.45, 7) is 0.297. The van der Waals surface area contributed by atoms with Crippen LogP contribution in [0.2, 0.25) is 5.02 Å². The molecule has 0 aromatic carbocycles. The fourth-order valence-corrected chi connectivity index (χ4v) is 1.26. The van der Waals surface area contributed by atoms with Crippen LogP contribution in [0, 0.1) is 0 Å². The molecule has 0 fully saturated rings. The van der Waals surface area contributed by atoms with Crippen molar-refractivity contribution in [2.75, 3.05) is 5.73 Å². The van der Waals surface area contributed by atoms with Gasteiger partial charge in [-0.15, -0.1) is 0 Å². The van der Waals surface area contributed by atoms with E-state index in [4.69, 9.17) is 26.5 Å². The lowest BCUT2D eigenvalue weighted by Gasteiger charge is -2.05. The number of pyridine rings is 1. The van der Waals surface area contributed by atoms with Gasteiger partial charge in [-0.2, -0.15) is 0 Å². The molecule has 2 N–H and O–H groups in total. The van der Waals surface area contributed by atoms with Crippen molar-refractivity contribution in [3.63, 3.8) is 0 Å². The molecule has 0 saturated heterocycles. The number of anilines is 1. The van der Waals surface area contributed by atoms with E-state index in [9.17, 15) is 0 Å². The van der Waals surface area contributed by atoms with Gasteiger partial charge in [0.15, 0.2) is 0 Å². The van der Waals surface area contributed by atoms with Gasteiger partial charge < -0.3 is 14.9 Å². The lowest BCUT2D eigenvalue weighted by atomic mass is 10.4. The Hall–Kier alpha value is -1.68. The summed E-state index contributed by atoms with van der Waals surface area (Å²) in [7, 11) is 0. The van der Waals surface area contributed by atoms with Gasteiger partial charge in [-0.1, -0.05) is 11.6 Å². The smallest absolute Gasteiger partial charge is 0.237 e. The Bertz CT molecular complexity index is 443. The highest BCUT2D eigenvalue weighted by molar-refractivity contribution is 6.30. The number of ether oxygens (including phenoxy) is 1. The molecule has 5 heteroatoms. The van der Waals surface area contributed by atoms with E-state index < -0.39 is 0 Å². The quantitative estimate of drug-likeness (QED) is 0.870. The minimum atomic E-state index is 0.297. The largest absolute Gasteiger partial charge is 0.468 e. The summed E-state index contributed by atoms with van der Waals surface area (Å²) >= 11 is 5.70. The number of hydrogen-bond donors (Lipinski definition) is 1. The summed E-state index contributed by atoms with van der Waals surface area (Å²) in [5.74, 6) is 1.07. The van der Waals surface area contributed by atoms with Gasteiger partial charge in [-0.3, -0.25) is 0 Å².